The van der Waals surface area contributed by atoms with Crippen molar-refractivity contribution in [2.24, 2.45) is 0 Å². The first-order chi connectivity index (χ1) is 13.6. The van der Waals surface area contributed by atoms with E-state index in [1.54, 1.807) is 10.7 Å². The first-order valence-electron chi connectivity index (χ1n) is 8.89. The molecule has 0 spiro atoms. The van der Waals surface area contributed by atoms with Crippen molar-refractivity contribution in [3.63, 3.8) is 0 Å². The lowest BCUT2D eigenvalue weighted by molar-refractivity contribution is 0.0926. The summed E-state index contributed by atoms with van der Waals surface area (Å²) in [6.45, 7) is 1.88. The Labute approximate surface area is 167 Å². The highest BCUT2D eigenvalue weighted by Crippen LogP contribution is 2.23. The Morgan fingerprint density at radius 1 is 1.11 bits per heavy atom. The van der Waals surface area contributed by atoms with Gasteiger partial charge >= 0.3 is 0 Å². The predicted molar refractivity (Wildman–Crippen MR) is 107 cm³/mol. The lowest BCUT2D eigenvalue weighted by atomic mass is 9.98. The number of nitrogens with zero attached hydrogens (tertiary/aromatic N) is 4. The summed E-state index contributed by atoms with van der Waals surface area (Å²) in [7, 11) is 0. The SMILES string of the molecule is Cc1ccnc2nc(C(=O)NC(Cc3ccccc3Cl)c3ccccc3)nn12. The highest BCUT2D eigenvalue weighted by atomic mass is 35.5. The van der Waals surface area contributed by atoms with Crippen LogP contribution in [0.5, 0.6) is 0 Å². The Hall–Kier alpha value is -3.25. The fraction of sp³-hybridized carbons (Fsp3) is 0.143. The highest BCUT2D eigenvalue weighted by Gasteiger charge is 2.21. The van der Waals surface area contributed by atoms with Crippen LogP contribution in [0.1, 0.15) is 33.5 Å². The number of aryl methyl sites for hydroxylation is 1. The van der Waals surface area contributed by atoms with Gasteiger partial charge in [0.25, 0.3) is 11.7 Å². The second kappa shape index (κ2) is 7.78. The molecule has 1 N–H and O–H groups in total. The summed E-state index contributed by atoms with van der Waals surface area (Å²) in [6, 6.07) is 18.9. The molecule has 6 nitrogen and oxygen atoms in total. The van der Waals surface area contributed by atoms with Crippen molar-refractivity contribution in [2.45, 2.75) is 19.4 Å². The average Bonchev–Trinajstić information content (AvgIpc) is 3.16. The van der Waals surface area contributed by atoms with Crippen LogP contribution in [-0.2, 0) is 6.42 Å². The minimum atomic E-state index is -0.356. The van der Waals surface area contributed by atoms with Gasteiger partial charge in [0.05, 0.1) is 6.04 Å². The van der Waals surface area contributed by atoms with E-state index >= 15 is 0 Å². The molecule has 0 radical (unpaired) electrons. The van der Waals surface area contributed by atoms with Gasteiger partial charge in [0, 0.05) is 16.9 Å². The van der Waals surface area contributed by atoms with Gasteiger partial charge in [-0.05, 0) is 36.6 Å². The van der Waals surface area contributed by atoms with Crippen LogP contribution < -0.4 is 5.32 Å². The number of rotatable bonds is 5. The number of carbonyl (C=O) groups excluding carboxylic acids is 1. The van der Waals surface area contributed by atoms with E-state index < -0.39 is 0 Å². The van der Waals surface area contributed by atoms with Crippen LogP contribution >= 0.6 is 11.6 Å². The molecule has 0 saturated heterocycles. The summed E-state index contributed by atoms with van der Waals surface area (Å²) < 4.78 is 1.56. The van der Waals surface area contributed by atoms with Crippen LogP contribution in [-0.4, -0.2) is 25.5 Å². The first kappa shape index (κ1) is 18.1. The van der Waals surface area contributed by atoms with E-state index in [0.29, 0.717) is 17.2 Å². The molecule has 2 heterocycles. The van der Waals surface area contributed by atoms with Crippen molar-refractivity contribution in [3.05, 3.63) is 94.5 Å². The molecule has 4 aromatic rings. The zero-order chi connectivity index (χ0) is 19.5. The molecule has 2 aromatic heterocycles. The van der Waals surface area contributed by atoms with E-state index in [4.69, 9.17) is 11.6 Å². The molecule has 1 atom stereocenters. The molecule has 7 heteroatoms. The summed E-state index contributed by atoms with van der Waals surface area (Å²) in [6.07, 6.45) is 2.20. The third-order valence-corrected chi connectivity index (χ3v) is 4.89. The third-order valence-electron chi connectivity index (χ3n) is 4.52. The average molecular weight is 392 g/mol. The number of halogens is 1. The molecule has 1 unspecified atom stereocenters. The molecule has 140 valence electrons. The third kappa shape index (κ3) is 3.73. The molecule has 0 bridgehead atoms. The van der Waals surface area contributed by atoms with Gasteiger partial charge in [-0.1, -0.05) is 60.1 Å². The summed E-state index contributed by atoms with van der Waals surface area (Å²) in [5, 5.41) is 8.00. The zero-order valence-electron chi connectivity index (χ0n) is 15.2. The molecule has 0 aliphatic heterocycles. The van der Waals surface area contributed by atoms with Gasteiger partial charge in [-0.25, -0.2) is 9.50 Å². The number of hydrogen-bond acceptors (Lipinski definition) is 4. The quantitative estimate of drug-likeness (QED) is 0.561. The van der Waals surface area contributed by atoms with E-state index in [2.05, 4.69) is 20.4 Å². The minimum Gasteiger partial charge on any atom is -0.342 e. The molecular weight excluding hydrogens is 374 g/mol. The van der Waals surface area contributed by atoms with Crippen molar-refractivity contribution < 1.29 is 4.79 Å². The standard InChI is InChI=1S/C21H18ClN5O/c1-14-11-12-23-21-25-19(26-27(14)21)20(28)24-18(15-7-3-2-4-8-15)13-16-9-5-6-10-17(16)22/h2-12,18H,13H2,1H3,(H,24,28). The van der Waals surface area contributed by atoms with Crippen molar-refractivity contribution in [1.82, 2.24) is 24.9 Å². The lowest BCUT2D eigenvalue weighted by Gasteiger charge is -2.19. The van der Waals surface area contributed by atoms with Crippen molar-refractivity contribution in [2.75, 3.05) is 0 Å². The Bertz CT molecular complexity index is 1130. The van der Waals surface area contributed by atoms with Gasteiger partial charge in [0.1, 0.15) is 0 Å². The van der Waals surface area contributed by atoms with Crippen LogP contribution in [0, 0.1) is 6.92 Å². The molecule has 28 heavy (non-hydrogen) atoms. The Balaban J connectivity index is 1.63. The summed E-state index contributed by atoms with van der Waals surface area (Å²) in [4.78, 5) is 21.3. The van der Waals surface area contributed by atoms with Crippen LogP contribution in [0.15, 0.2) is 66.9 Å². The predicted octanol–water partition coefficient (Wildman–Crippen LogP) is 3.80. The summed E-state index contributed by atoms with van der Waals surface area (Å²) >= 11 is 6.33. The Morgan fingerprint density at radius 2 is 1.86 bits per heavy atom. The van der Waals surface area contributed by atoms with Crippen LogP contribution in [0.3, 0.4) is 0 Å². The van der Waals surface area contributed by atoms with Crippen LogP contribution in [0.2, 0.25) is 5.02 Å². The monoisotopic (exact) mass is 391 g/mol. The highest BCUT2D eigenvalue weighted by molar-refractivity contribution is 6.31. The minimum absolute atomic E-state index is 0.0851. The topological polar surface area (TPSA) is 72.2 Å². The number of benzene rings is 2. The number of hydrogen-bond donors (Lipinski definition) is 1. The largest absolute Gasteiger partial charge is 0.342 e. The van der Waals surface area contributed by atoms with Crippen LogP contribution in [0.4, 0.5) is 0 Å². The van der Waals surface area contributed by atoms with E-state index in [0.717, 1.165) is 16.8 Å². The second-order valence-electron chi connectivity index (χ2n) is 6.47. The number of aromatic nitrogens is 4. The molecule has 2 aromatic carbocycles. The van der Waals surface area contributed by atoms with Crippen molar-refractivity contribution in [3.8, 4) is 0 Å². The number of amides is 1. The van der Waals surface area contributed by atoms with E-state index in [1.165, 1.54) is 0 Å². The number of nitrogens with one attached hydrogen (secondary N) is 1. The van der Waals surface area contributed by atoms with Crippen LogP contribution in [0.25, 0.3) is 5.78 Å². The fourth-order valence-corrected chi connectivity index (χ4v) is 3.26. The van der Waals surface area contributed by atoms with Gasteiger partial charge in [-0.3, -0.25) is 4.79 Å². The first-order valence-corrected chi connectivity index (χ1v) is 9.27. The maximum Gasteiger partial charge on any atom is 0.291 e. The maximum absolute atomic E-state index is 12.9. The fourth-order valence-electron chi connectivity index (χ4n) is 3.05. The number of fused-ring (bicyclic) bond motifs is 1. The molecule has 0 aliphatic carbocycles. The molecule has 0 fully saturated rings. The van der Waals surface area contributed by atoms with Gasteiger partial charge in [0.15, 0.2) is 0 Å². The summed E-state index contributed by atoms with van der Waals surface area (Å²) in [5.74, 6) is 0.125. The molecule has 0 aliphatic rings. The van der Waals surface area contributed by atoms with Crippen molar-refractivity contribution >= 4 is 23.3 Å². The smallest absolute Gasteiger partial charge is 0.291 e. The van der Waals surface area contributed by atoms with E-state index in [9.17, 15) is 4.79 Å². The molecule has 1 amide bonds. The maximum atomic E-state index is 12.9. The van der Waals surface area contributed by atoms with Gasteiger partial charge in [-0.15, -0.1) is 5.10 Å². The molecular formula is C21H18ClN5O. The summed E-state index contributed by atoms with van der Waals surface area (Å²) in [5.41, 5.74) is 2.79. The van der Waals surface area contributed by atoms with E-state index in [1.807, 2.05) is 67.6 Å². The molecule has 4 rings (SSSR count). The van der Waals surface area contributed by atoms with Gasteiger partial charge < -0.3 is 5.32 Å². The Kier molecular flexibility index (Phi) is 5.04. The zero-order valence-corrected chi connectivity index (χ0v) is 16.0. The normalized spacial score (nSPS) is 12.1. The van der Waals surface area contributed by atoms with Gasteiger partial charge in [0.2, 0.25) is 5.82 Å². The lowest BCUT2D eigenvalue weighted by Crippen LogP contribution is -2.31. The van der Waals surface area contributed by atoms with Gasteiger partial charge in [-0.2, -0.15) is 4.98 Å². The second-order valence-corrected chi connectivity index (χ2v) is 6.87. The van der Waals surface area contributed by atoms with Crippen molar-refractivity contribution in [1.29, 1.82) is 0 Å². The Morgan fingerprint density at radius 3 is 2.61 bits per heavy atom. The number of carbonyl (C=O) groups is 1. The molecule has 0 saturated carbocycles. The van der Waals surface area contributed by atoms with E-state index in [-0.39, 0.29) is 17.8 Å².